The van der Waals surface area contributed by atoms with Gasteiger partial charge in [0.2, 0.25) is 0 Å². The topological polar surface area (TPSA) is 87.9 Å². The van der Waals surface area contributed by atoms with E-state index in [9.17, 15) is 14.9 Å². The maximum absolute atomic E-state index is 12.2. The largest absolute Gasteiger partial charge is 0.490 e. The van der Waals surface area contributed by atoms with Crippen molar-refractivity contribution in [2.75, 3.05) is 13.2 Å². The molecule has 0 aliphatic carbocycles. The Labute approximate surface area is 145 Å². The third kappa shape index (κ3) is 4.69. The first kappa shape index (κ1) is 18.3. The van der Waals surface area contributed by atoms with E-state index in [4.69, 9.17) is 14.2 Å². The summed E-state index contributed by atoms with van der Waals surface area (Å²) >= 11 is 0. The van der Waals surface area contributed by atoms with Crippen LogP contribution in [-0.2, 0) is 11.3 Å². The van der Waals surface area contributed by atoms with Crippen molar-refractivity contribution >= 4 is 11.7 Å². The van der Waals surface area contributed by atoms with Gasteiger partial charge in [0.05, 0.1) is 29.3 Å². The molecule has 0 radical (unpaired) electrons. The molecule has 0 N–H and O–H groups in total. The molecule has 132 valence electrons. The molecule has 0 aromatic heterocycles. The predicted molar refractivity (Wildman–Crippen MR) is 91.0 cm³/mol. The van der Waals surface area contributed by atoms with E-state index in [2.05, 4.69) is 0 Å². The van der Waals surface area contributed by atoms with Crippen LogP contribution in [0.2, 0.25) is 0 Å². The van der Waals surface area contributed by atoms with Crippen molar-refractivity contribution in [1.82, 2.24) is 0 Å². The Kier molecular flexibility index (Phi) is 6.33. The van der Waals surface area contributed by atoms with Crippen molar-refractivity contribution in [3.63, 3.8) is 0 Å². The van der Waals surface area contributed by atoms with Gasteiger partial charge in [-0.05, 0) is 38.1 Å². The van der Waals surface area contributed by atoms with Gasteiger partial charge in [-0.1, -0.05) is 12.1 Å². The second-order valence-electron chi connectivity index (χ2n) is 4.99. The lowest BCUT2D eigenvalue weighted by Gasteiger charge is -2.12. The van der Waals surface area contributed by atoms with Crippen LogP contribution in [0.15, 0.2) is 42.5 Å². The minimum atomic E-state index is -0.595. The first-order valence-corrected chi connectivity index (χ1v) is 7.85. The van der Waals surface area contributed by atoms with E-state index in [0.29, 0.717) is 30.3 Å². The molecule has 0 saturated heterocycles. The Morgan fingerprint density at radius 3 is 2.40 bits per heavy atom. The fraction of sp³-hybridized carbons (Fsp3) is 0.278. The zero-order valence-corrected chi connectivity index (χ0v) is 14.1. The van der Waals surface area contributed by atoms with Gasteiger partial charge < -0.3 is 14.2 Å². The molecule has 0 aliphatic heterocycles. The van der Waals surface area contributed by atoms with Crippen molar-refractivity contribution in [3.05, 3.63) is 63.7 Å². The van der Waals surface area contributed by atoms with Crippen molar-refractivity contribution in [1.29, 1.82) is 0 Å². The van der Waals surface area contributed by atoms with Crippen molar-refractivity contribution in [2.45, 2.75) is 20.5 Å². The van der Waals surface area contributed by atoms with Gasteiger partial charge in [-0.15, -0.1) is 0 Å². The third-order valence-corrected chi connectivity index (χ3v) is 3.33. The van der Waals surface area contributed by atoms with Gasteiger partial charge in [0.1, 0.15) is 6.61 Å². The number of para-hydroxylation sites is 1. The van der Waals surface area contributed by atoms with Crippen LogP contribution in [0.4, 0.5) is 5.69 Å². The van der Waals surface area contributed by atoms with Crippen LogP contribution < -0.4 is 9.47 Å². The number of nitro groups is 1. The van der Waals surface area contributed by atoms with E-state index in [1.165, 1.54) is 12.1 Å². The second-order valence-corrected chi connectivity index (χ2v) is 4.99. The van der Waals surface area contributed by atoms with Gasteiger partial charge in [0.25, 0.3) is 5.69 Å². The molecule has 7 heteroatoms. The monoisotopic (exact) mass is 345 g/mol. The molecule has 2 aromatic carbocycles. The van der Waals surface area contributed by atoms with Gasteiger partial charge in [-0.2, -0.15) is 0 Å². The maximum Gasteiger partial charge on any atom is 0.338 e. The normalized spacial score (nSPS) is 10.2. The molecule has 2 rings (SSSR count). The number of nitrogens with zero attached hydrogens (tertiary/aromatic N) is 1. The maximum atomic E-state index is 12.2. The molecule has 25 heavy (non-hydrogen) atoms. The average Bonchev–Trinajstić information content (AvgIpc) is 2.61. The zero-order valence-electron chi connectivity index (χ0n) is 14.1. The summed E-state index contributed by atoms with van der Waals surface area (Å²) < 4.78 is 16.1. The van der Waals surface area contributed by atoms with Crippen molar-refractivity contribution in [2.24, 2.45) is 0 Å². The van der Waals surface area contributed by atoms with Crippen LogP contribution in [0, 0.1) is 10.1 Å². The third-order valence-electron chi connectivity index (χ3n) is 3.33. The molecular weight excluding hydrogens is 326 g/mol. The summed E-state index contributed by atoms with van der Waals surface area (Å²) in [6.45, 7) is 4.39. The van der Waals surface area contributed by atoms with Gasteiger partial charge in [-0.3, -0.25) is 10.1 Å². The number of esters is 1. The summed E-state index contributed by atoms with van der Waals surface area (Å²) in [6.07, 6.45) is 0. The molecule has 0 amide bonds. The summed E-state index contributed by atoms with van der Waals surface area (Å²) in [7, 11) is 0. The second kappa shape index (κ2) is 8.68. The fourth-order valence-corrected chi connectivity index (χ4v) is 2.22. The highest BCUT2D eigenvalue weighted by Crippen LogP contribution is 2.29. The van der Waals surface area contributed by atoms with E-state index in [1.54, 1.807) is 30.3 Å². The standard InChI is InChI=1S/C18H19NO6/c1-3-23-16-10-9-13(11-17(16)24-4-2)18(20)25-12-14-7-5-6-8-15(14)19(21)22/h5-11H,3-4,12H2,1-2H3. The fourth-order valence-electron chi connectivity index (χ4n) is 2.22. The van der Waals surface area contributed by atoms with Crippen LogP contribution in [0.3, 0.4) is 0 Å². The van der Waals surface area contributed by atoms with Crippen molar-refractivity contribution in [3.8, 4) is 11.5 Å². The Morgan fingerprint density at radius 2 is 1.72 bits per heavy atom. The molecule has 0 fully saturated rings. The van der Waals surface area contributed by atoms with Gasteiger partial charge >= 0.3 is 5.97 Å². The summed E-state index contributed by atoms with van der Waals surface area (Å²) in [5, 5.41) is 11.0. The lowest BCUT2D eigenvalue weighted by atomic mass is 10.2. The van der Waals surface area contributed by atoms with E-state index in [1.807, 2.05) is 13.8 Å². The molecule has 0 spiro atoms. The SMILES string of the molecule is CCOc1ccc(C(=O)OCc2ccccc2[N+](=O)[O-])cc1OCC. The number of hydrogen-bond acceptors (Lipinski definition) is 6. The van der Waals surface area contributed by atoms with Crippen LogP contribution >= 0.6 is 0 Å². The number of nitro benzene ring substituents is 1. The quantitative estimate of drug-likeness (QED) is 0.411. The summed E-state index contributed by atoms with van der Waals surface area (Å²) in [5.41, 5.74) is 0.527. The number of carbonyl (C=O) groups is 1. The number of carbonyl (C=O) groups excluding carboxylic acids is 1. The first-order chi connectivity index (χ1) is 12.1. The van der Waals surface area contributed by atoms with E-state index < -0.39 is 10.9 Å². The van der Waals surface area contributed by atoms with Gasteiger partial charge in [-0.25, -0.2) is 4.79 Å². The molecular formula is C18H19NO6. The summed E-state index contributed by atoms with van der Waals surface area (Å²) in [5.74, 6) is 0.395. The minimum absolute atomic E-state index is 0.0861. The van der Waals surface area contributed by atoms with Crippen LogP contribution in [-0.4, -0.2) is 24.1 Å². The molecule has 0 unspecified atom stereocenters. The number of rotatable bonds is 8. The Morgan fingerprint density at radius 1 is 1.04 bits per heavy atom. The Balaban J connectivity index is 2.13. The van der Waals surface area contributed by atoms with Crippen LogP contribution in [0.25, 0.3) is 0 Å². The van der Waals surface area contributed by atoms with E-state index >= 15 is 0 Å². The number of hydrogen-bond donors (Lipinski definition) is 0. The van der Waals surface area contributed by atoms with Crippen LogP contribution in [0.5, 0.6) is 11.5 Å². The molecule has 0 bridgehead atoms. The van der Waals surface area contributed by atoms with E-state index in [-0.39, 0.29) is 17.9 Å². The van der Waals surface area contributed by atoms with Gasteiger partial charge in [0, 0.05) is 6.07 Å². The number of ether oxygens (including phenoxy) is 3. The van der Waals surface area contributed by atoms with E-state index in [0.717, 1.165) is 0 Å². The van der Waals surface area contributed by atoms with Crippen LogP contribution in [0.1, 0.15) is 29.8 Å². The molecule has 7 nitrogen and oxygen atoms in total. The molecule has 0 aliphatic rings. The smallest absolute Gasteiger partial charge is 0.338 e. The zero-order chi connectivity index (χ0) is 18.2. The highest BCUT2D eigenvalue weighted by atomic mass is 16.6. The van der Waals surface area contributed by atoms with Crippen molar-refractivity contribution < 1.29 is 23.9 Å². The molecule has 0 heterocycles. The molecule has 0 atom stereocenters. The highest BCUT2D eigenvalue weighted by molar-refractivity contribution is 5.90. The summed E-state index contributed by atoms with van der Waals surface area (Å²) in [6, 6.07) is 10.9. The highest BCUT2D eigenvalue weighted by Gasteiger charge is 2.16. The van der Waals surface area contributed by atoms with Gasteiger partial charge in [0.15, 0.2) is 11.5 Å². The Hall–Kier alpha value is -3.09. The minimum Gasteiger partial charge on any atom is -0.490 e. The average molecular weight is 345 g/mol. The number of benzene rings is 2. The molecule has 2 aromatic rings. The molecule has 0 saturated carbocycles. The lowest BCUT2D eigenvalue weighted by molar-refractivity contribution is -0.385. The summed E-state index contributed by atoms with van der Waals surface area (Å²) in [4.78, 5) is 22.7. The lowest BCUT2D eigenvalue weighted by Crippen LogP contribution is -2.08. The predicted octanol–water partition coefficient (Wildman–Crippen LogP) is 3.75. The first-order valence-electron chi connectivity index (χ1n) is 7.85. The Bertz CT molecular complexity index is 759.